The third kappa shape index (κ3) is 5.33. The maximum Gasteiger partial charge on any atom is 0.0587 e. The lowest BCUT2D eigenvalue weighted by atomic mass is 9.87. The summed E-state index contributed by atoms with van der Waals surface area (Å²) in [6.07, 6.45) is 5.16. The van der Waals surface area contributed by atoms with Gasteiger partial charge in [0.15, 0.2) is 0 Å². The maximum absolute atomic E-state index is 5.02. The van der Waals surface area contributed by atoms with Gasteiger partial charge in [0, 0.05) is 32.9 Å². The van der Waals surface area contributed by atoms with Crippen molar-refractivity contribution in [2.45, 2.75) is 33.7 Å². The molecule has 0 aliphatic rings. The summed E-state index contributed by atoms with van der Waals surface area (Å²) in [4.78, 5) is 0. The van der Waals surface area contributed by atoms with Crippen LogP contribution in [-0.2, 0) is 17.7 Å². The van der Waals surface area contributed by atoms with Gasteiger partial charge in [0.25, 0.3) is 0 Å². The fourth-order valence-electron chi connectivity index (χ4n) is 1.89. The summed E-state index contributed by atoms with van der Waals surface area (Å²) in [5.74, 6) is 0. The topological polar surface area (TPSA) is 39.1 Å². The number of methoxy groups -OCH3 is 1. The molecule has 0 bridgehead atoms. The second-order valence-corrected chi connectivity index (χ2v) is 5.21. The first-order valence-electron chi connectivity index (χ1n) is 6.28. The van der Waals surface area contributed by atoms with Crippen molar-refractivity contribution in [3.8, 4) is 0 Å². The second-order valence-electron chi connectivity index (χ2n) is 5.21. The Morgan fingerprint density at radius 2 is 2.24 bits per heavy atom. The van der Waals surface area contributed by atoms with Gasteiger partial charge in [-0.25, -0.2) is 0 Å². The van der Waals surface area contributed by atoms with E-state index >= 15 is 0 Å². The van der Waals surface area contributed by atoms with Crippen molar-refractivity contribution in [1.82, 2.24) is 15.1 Å². The molecule has 0 spiro atoms. The van der Waals surface area contributed by atoms with Crippen molar-refractivity contribution < 1.29 is 4.74 Å². The third-order valence-electron chi connectivity index (χ3n) is 2.78. The number of hydrogen-bond acceptors (Lipinski definition) is 3. The Kier molecular flexibility index (Phi) is 5.65. The van der Waals surface area contributed by atoms with Crippen molar-refractivity contribution >= 4 is 0 Å². The minimum atomic E-state index is 0.245. The Bertz CT molecular complexity index is 320. The number of hydrogen-bond donors (Lipinski definition) is 1. The van der Waals surface area contributed by atoms with Gasteiger partial charge in [0.05, 0.1) is 12.8 Å². The largest absolute Gasteiger partial charge is 0.383 e. The molecular formula is C13H25N3O. The Balaban J connectivity index is 2.37. The molecule has 4 nitrogen and oxygen atoms in total. The molecule has 0 atom stereocenters. The van der Waals surface area contributed by atoms with Gasteiger partial charge < -0.3 is 10.1 Å². The molecule has 0 saturated heterocycles. The third-order valence-corrected chi connectivity index (χ3v) is 2.78. The molecule has 0 radical (unpaired) electrons. The van der Waals surface area contributed by atoms with Crippen molar-refractivity contribution in [2.75, 3.05) is 26.8 Å². The molecule has 4 heteroatoms. The van der Waals surface area contributed by atoms with Crippen LogP contribution in [0.15, 0.2) is 12.4 Å². The van der Waals surface area contributed by atoms with Crippen LogP contribution in [0.25, 0.3) is 0 Å². The van der Waals surface area contributed by atoms with Gasteiger partial charge in [-0.15, -0.1) is 0 Å². The minimum absolute atomic E-state index is 0.245. The quantitative estimate of drug-likeness (QED) is 0.702. The molecule has 0 unspecified atom stereocenters. The molecule has 1 aromatic heterocycles. The lowest BCUT2D eigenvalue weighted by molar-refractivity contribution is 0.194. The van der Waals surface area contributed by atoms with E-state index in [-0.39, 0.29) is 5.41 Å². The normalized spacial score (nSPS) is 12.0. The first-order valence-corrected chi connectivity index (χ1v) is 6.28. The van der Waals surface area contributed by atoms with Crippen LogP contribution in [0, 0.1) is 5.41 Å². The summed E-state index contributed by atoms with van der Waals surface area (Å²) < 4.78 is 6.99. The number of nitrogens with zero attached hydrogens (tertiary/aromatic N) is 2. The Labute approximate surface area is 104 Å². The predicted octanol–water partition coefficient (Wildman–Crippen LogP) is 1.71. The number of rotatable bonds is 8. The maximum atomic E-state index is 5.02. The molecular weight excluding hydrogens is 214 g/mol. The molecule has 0 aliphatic heterocycles. The molecule has 0 amide bonds. The zero-order valence-corrected chi connectivity index (χ0v) is 11.5. The van der Waals surface area contributed by atoms with Crippen LogP contribution < -0.4 is 5.32 Å². The molecule has 1 aromatic rings. The van der Waals surface area contributed by atoms with Crippen LogP contribution in [0.2, 0.25) is 0 Å². The Morgan fingerprint density at radius 3 is 2.82 bits per heavy atom. The van der Waals surface area contributed by atoms with Crippen LogP contribution in [0.4, 0.5) is 0 Å². The molecule has 0 aromatic carbocycles. The van der Waals surface area contributed by atoms with E-state index < -0.39 is 0 Å². The molecule has 98 valence electrons. The number of aromatic nitrogens is 2. The highest BCUT2D eigenvalue weighted by molar-refractivity contribution is 5.06. The molecule has 1 heterocycles. The number of nitrogens with one attached hydrogen (secondary N) is 1. The SMILES string of the molecule is CCn1cc(CC(C)(C)CNCCOC)cn1. The standard InChI is InChI=1S/C13H25N3O/c1-5-16-10-12(9-15-16)8-13(2,3)11-14-6-7-17-4/h9-10,14H,5-8,11H2,1-4H3. The summed E-state index contributed by atoms with van der Waals surface area (Å²) >= 11 is 0. The van der Waals surface area contributed by atoms with E-state index in [2.05, 4.69) is 37.4 Å². The lowest BCUT2D eigenvalue weighted by Crippen LogP contribution is -2.33. The van der Waals surface area contributed by atoms with Gasteiger partial charge in [-0.3, -0.25) is 4.68 Å². The Hall–Kier alpha value is -0.870. The van der Waals surface area contributed by atoms with Gasteiger partial charge in [0.2, 0.25) is 0 Å². The van der Waals surface area contributed by atoms with Crippen molar-refractivity contribution in [3.05, 3.63) is 18.0 Å². The molecule has 0 fully saturated rings. The van der Waals surface area contributed by atoms with Gasteiger partial charge in [-0.1, -0.05) is 13.8 Å². The zero-order chi connectivity index (χ0) is 12.7. The number of ether oxygens (including phenoxy) is 1. The highest BCUT2D eigenvalue weighted by Gasteiger charge is 2.18. The highest BCUT2D eigenvalue weighted by Crippen LogP contribution is 2.20. The van der Waals surface area contributed by atoms with Gasteiger partial charge in [0.1, 0.15) is 0 Å². The first-order chi connectivity index (χ1) is 8.07. The van der Waals surface area contributed by atoms with E-state index in [1.54, 1.807) is 7.11 Å². The van der Waals surface area contributed by atoms with Crippen LogP contribution in [0.1, 0.15) is 26.3 Å². The fourth-order valence-corrected chi connectivity index (χ4v) is 1.89. The smallest absolute Gasteiger partial charge is 0.0587 e. The summed E-state index contributed by atoms with van der Waals surface area (Å²) in [7, 11) is 1.73. The first kappa shape index (κ1) is 14.2. The van der Waals surface area contributed by atoms with Gasteiger partial charge >= 0.3 is 0 Å². The average molecular weight is 239 g/mol. The van der Waals surface area contributed by atoms with Crippen molar-refractivity contribution in [3.63, 3.8) is 0 Å². The van der Waals surface area contributed by atoms with Crippen LogP contribution in [-0.4, -0.2) is 36.6 Å². The van der Waals surface area contributed by atoms with E-state index in [1.807, 2.05) is 10.9 Å². The van der Waals surface area contributed by atoms with Crippen LogP contribution >= 0.6 is 0 Å². The summed E-state index contributed by atoms with van der Waals surface area (Å²) in [5, 5.41) is 7.72. The molecule has 0 aliphatic carbocycles. The monoisotopic (exact) mass is 239 g/mol. The van der Waals surface area contributed by atoms with Crippen LogP contribution in [0.5, 0.6) is 0 Å². The molecule has 1 rings (SSSR count). The summed E-state index contributed by atoms with van der Waals surface area (Å²) in [5.41, 5.74) is 1.56. The van der Waals surface area contributed by atoms with Crippen molar-refractivity contribution in [2.24, 2.45) is 5.41 Å². The minimum Gasteiger partial charge on any atom is -0.383 e. The second kappa shape index (κ2) is 6.77. The van der Waals surface area contributed by atoms with E-state index in [0.717, 1.165) is 32.7 Å². The zero-order valence-electron chi connectivity index (χ0n) is 11.5. The molecule has 1 N–H and O–H groups in total. The van der Waals surface area contributed by atoms with Crippen LogP contribution in [0.3, 0.4) is 0 Å². The van der Waals surface area contributed by atoms with Gasteiger partial charge in [-0.05, 0) is 24.3 Å². The molecule has 0 saturated carbocycles. The van der Waals surface area contributed by atoms with E-state index in [1.165, 1.54) is 5.56 Å². The van der Waals surface area contributed by atoms with Crippen molar-refractivity contribution in [1.29, 1.82) is 0 Å². The van der Waals surface area contributed by atoms with E-state index in [4.69, 9.17) is 4.74 Å². The lowest BCUT2D eigenvalue weighted by Gasteiger charge is -2.24. The van der Waals surface area contributed by atoms with Gasteiger partial charge in [-0.2, -0.15) is 5.10 Å². The summed E-state index contributed by atoms with van der Waals surface area (Å²) in [6.45, 7) is 10.3. The highest BCUT2D eigenvalue weighted by atomic mass is 16.5. The van der Waals surface area contributed by atoms with E-state index in [0.29, 0.717) is 0 Å². The van der Waals surface area contributed by atoms with E-state index in [9.17, 15) is 0 Å². The fraction of sp³-hybridized carbons (Fsp3) is 0.769. The number of aryl methyl sites for hydroxylation is 1. The molecule has 17 heavy (non-hydrogen) atoms. The summed E-state index contributed by atoms with van der Waals surface area (Å²) in [6, 6.07) is 0. The average Bonchev–Trinajstić information content (AvgIpc) is 2.71. The Morgan fingerprint density at radius 1 is 1.47 bits per heavy atom. The predicted molar refractivity (Wildman–Crippen MR) is 70.1 cm³/mol.